The summed E-state index contributed by atoms with van der Waals surface area (Å²) < 4.78 is 7.88. The van der Waals surface area contributed by atoms with Crippen molar-refractivity contribution < 1.29 is 19.4 Å². The normalized spacial score (nSPS) is 20.3. The fourth-order valence-electron chi connectivity index (χ4n) is 6.54. The molecule has 2 saturated heterocycles. The first-order chi connectivity index (χ1) is 21.7. The predicted octanol–water partition coefficient (Wildman–Crippen LogP) is 4.93. The third kappa shape index (κ3) is 6.02. The summed E-state index contributed by atoms with van der Waals surface area (Å²) in [4.78, 5) is 36.6. The van der Waals surface area contributed by atoms with Crippen LogP contribution >= 0.6 is 0 Å². The number of aromatic carboxylic acids is 1. The van der Waals surface area contributed by atoms with Gasteiger partial charge in [0, 0.05) is 63.3 Å². The third-order valence-corrected chi connectivity index (χ3v) is 10.1. The van der Waals surface area contributed by atoms with E-state index in [1.807, 2.05) is 23.1 Å². The number of hydrogen-bond donors (Lipinski definition) is 1. The van der Waals surface area contributed by atoms with Gasteiger partial charge >= 0.3 is 5.97 Å². The molecule has 1 N–H and O–H groups in total. The lowest BCUT2D eigenvalue weighted by Crippen LogP contribution is -2.49. The molecule has 3 aliphatic rings. The maximum absolute atomic E-state index is 13.6. The number of ether oxygens (including phenoxy) is 1. The van der Waals surface area contributed by atoms with Gasteiger partial charge in [-0.25, -0.2) is 9.78 Å². The van der Waals surface area contributed by atoms with E-state index in [2.05, 4.69) is 62.8 Å². The van der Waals surface area contributed by atoms with Crippen LogP contribution in [-0.2, 0) is 17.8 Å². The zero-order chi connectivity index (χ0) is 31.3. The van der Waals surface area contributed by atoms with Gasteiger partial charge in [0.2, 0.25) is 0 Å². The second kappa shape index (κ2) is 11.7. The first kappa shape index (κ1) is 29.7. The summed E-state index contributed by atoms with van der Waals surface area (Å²) in [7, 11) is 5.84. The number of imidazole rings is 1. The van der Waals surface area contributed by atoms with Gasteiger partial charge in [-0.3, -0.25) is 9.69 Å². The van der Waals surface area contributed by atoms with Crippen molar-refractivity contribution in [2.24, 2.45) is 0 Å². The molecule has 2 aliphatic heterocycles. The van der Waals surface area contributed by atoms with Gasteiger partial charge in [-0.05, 0) is 85.7 Å². The monoisotopic (exact) mass is 620 g/mol. The van der Waals surface area contributed by atoms with Gasteiger partial charge in [-0.1, -0.05) is 18.2 Å². The second-order valence-corrected chi connectivity index (χ2v) is 13.6. The maximum atomic E-state index is 13.6. The Balaban J connectivity index is 1.03. The summed E-state index contributed by atoms with van der Waals surface area (Å²) in [5, 5.41) is 9.09. The lowest BCUT2D eigenvalue weighted by Gasteiger charge is -2.40. The topological polar surface area (TPSA) is 91.1 Å². The molecule has 7 rings (SSSR count). The molecule has 0 spiro atoms. The average molecular weight is 621 g/mol. The fraction of sp³-hybridized carbons (Fsp3) is 0.400. The van der Waals surface area contributed by atoms with Crippen molar-refractivity contribution in [3.8, 4) is 0 Å². The minimum atomic E-state index is -0.963. The Bertz CT molecular complexity index is 1770. The zero-order valence-electron chi connectivity index (χ0n) is 25.8. The second-order valence-electron chi connectivity index (χ2n) is 12.7. The van der Waals surface area contributed by atoms with Crippen LogP contribution in [0.25, 0.3) is 11.0 Å². The number of anilines is 2. The quantitative estimate of drug-likeness (QED) is 0.266. The fourth-order valence-corrected chi connectivity index (χ4v) is 6.90. The molecular weight excluding hydrogens is 583 g/mol. The first-order valence-electron chi connectivity index (χ1n) is 15.7. The summed E-state index contributed by atoms with van der Waals surface area (Å²) in [5.41, 5.74) is 7.29. The highest BCUT2D eigenvalue weighted by Gasteiger charge is 2.35. The number of piperazine rings is 1. The lowest BCUT2D eigenvalue weighted by molar-refractivity contribution is -0.0947. The Labute approximate surface area is 266 Å². The summed E-state index contributed by atoms with van der Waals surface area (Å²) in [6, 6.07) is 19.7. The summed E-state index contributed by atoms with van der Waals surface area (Å²) in [6.07, 6.45) is 3.44. The number of benzene rings is 3. The molecule has 3 radical (unpaired) electrons. The smallest absolute Gasteiger partial charge is 0.335 e. The Hall–Kier alpha value is -3.99. The molecule has 9 nitrogen and oxygen atoms in total. The number of aromatic nitrogens is 2. The molecule has 4 aromatic rings. The van der Waals surface area contributed by atoms with Crippen LogP contribution in [0.4, 0.5) is 11.4 Å². The summed E-state index contributed by atoms with van der Waals surface area (Å²) in [6.45, 7) is 6.66. The first-order valence-corrected chi connectivity index (χ1v) is 16.2. The number of nitrogens with zero attached hydrogens (tertiary/aromatic N) is 5. The van der Waals surface area contributed by atoms with E-state index in [0.29, 0.717) is 38.3 Å². The molecule has 3 aromatic carbocycles. The van der Waals surface area contributed by atoms with E-state index < -0.39 is 11.2 Å². The molecule has 231 valence electrons. The SMILES string of the molecule is Cc1cc(C2CC2)ccc1N(C)c1cccc(C(=O)N2CCN(Cc3nc4ccc(C(=O)O)cc4n3C[C@]3([Si])CCO3)CC2)c1. The van der Waals surface area contributed by atoms with Crippen LogP contribution in [0.15, 0.2) is 60.7 Å². The molecule has 0 bridgehead atoms. The molecule has 3 heterocycles. The summed E-state index contributed by atoms with van der Waals surface area (Å²) in [5.74, 6) is 0.662. The molecule has 0 unspecified atom stereocenters. The lowest BCUT2D eigenvalue weighted by atomic mass is 10.0. The van der Waals surface area contributed by atoms with Gasteiger partial charge in [0.25, 0.3) is 5.91 Å². The molecule has 1 aromatic heterocycles. The Morgan fingerprint density at radius 3 is 2.49 bits per heavy atom. The summed E-state index contributed by atoms with van der Waals surface area (Å²) >= 11 is 0. The molecule has 1 atom stereocenters. The van der Waals surface area contributed by atoms with Crippen molar-refractivity contribution in [3.63, 3.8) is 0 Å². The third-order valence-electron chi connectivity index (χ3n) is 9.51. The van der Waals surface area contributed by atoms with Crippen LogP contribution in [0.1, 0.15) is 62.8 Å². The van der Waals surface area contributed by atoms with Crippen LogP contribution in [0.3, 0.4) is 0 Å². The van der Waals surface area contributed by atoms with Crippen LogP contribution in [0.5, 0.6) is 0 Å². The Morgan fingerprint density at radius 1 is 1.04 bits per heavy atom. The van der Waals surface area contributed by atoms with E-state index in [9.17, 15) is 14.7 Å². The molecule has 10 heteroatoms. The van der Waals surface area contributed by atoms with E-state index >= 15 is 0 Å². The highest BCUT2D eigenvalue weighted by molar-refractivity contribution is 6.15. The highest BCUT2D eigenvalue weighted by Crippen LogP contribution is 2.41. The number of amides is 1. The standard InChI is InChI=1S/C35H38N5O4Si/c1-23-18-25(24-6-7-24)9-11-30(23)37(2)28-5-3-4-26(19-28)33(41)39-15-13-38(14-16-39)21-32-36-29-10-8-27(34(42)43)20-31(29)40(32)22-35(45)12-17-44-35/h3-5,8-11,18-20,24H,6-7,12-17,21-22H2,1-2H3,(H,42,43)/t35-/m1/s1. The van der Waals surface area contributed by atoms with Crippen LogP contribution in [-0.4, -0.2) is 91.6 Å². The van der Waals surface area contributed by atoms with Gasteiger partial charge in [0.15, 0.2) is 0 Å². The average Bonchev–Trinajstić information content (AvgIpc) is 3.83. The van der Waals surface area contributed by atoms with Crippen molar-refractivity contribution in [3.05, 3.63) is 88.7 Å². The zero-order valence-corrected chi connectivity index (χ0v) is 26.8. The highest BCUT2D eigenvalue weighted by atomic mass is 28.1. The van der Waals surface area contributed by atoms with Gasteiger partial charge in [-0.15, -0.1) is 0 Å². The number of carbonyl (C=O) groups excluding carboxylic acids is 1. The Kier molecular flexibility index (Phi) is 7.75. The minimum absolute atomic E-state index is 0.0438. The predicted molar refractivity (Wildman–Crippen MR) is 175 cm³/mol. The van der Waals surface area contributed by atoms with E-state index in [-0.39, 0.29) is 11.5 Å². The number of aryl methyl sites for hydroxylation is 1. The number of fused-ring (bicyclic) bond motifs is 1. The molecule has 45 heavy (non-hydrogen) atoms. The number of carbonyl (C=O) groups is 2. The van der Waals surface area contributed by atoms with E-state index in [1.165, 1.54) is 24.0 Å². The molecule has 1 saturated carbocycles. The van der Waals surface area contributed by atoms with Crippen LogP contribution in [0.2, 0.25) is 0 Å². The van der Waals surface area contributed by atoms with Crippen molar-refractivity contribution >= 4 is 44.5 Å². The van der Waals surface area contributed by atoms with Crippen molar-refractivity contribution in [1.29, 1.82) is 0 Å². The molecule has 1 aliphatic carbocycles. The number of rotatable bonds is 9. The Morgan fingerprint density at radius 2 is 1.82 bits per heavy atom. The van der Waals surface area contributed by atoms with Crippen LogP contribution < -0.4 is 4.90 Å². The van der Waals surface area contributed by atoms with Crippen LogP contribution in [0, 0.1) is 6.92 Å². The largest absolute Gasteiger partial charge is 0.478 e. The van der Waals surface area contributed by atoms with Gasteiger partial charge < -0.3 is 24.2 Å². The molecule has 3 fully saturated rings. The van der Waals surface area contributed by atoms with E-state index in [1.54, 1.807) is 18.2 Å². The van der Waals surface area contributed by atoms with Gasteiger partial charge in [0.05, 0.1) is 38.6 Å². The van der Waals surface area contributed by atoms with Crippen molar-refractivity contribution in [2.45, 2.75) is 50.4 Å². The molecular formula is C35H38N5O4Si. The van der Waals surface area contributed by atoms with Gasteiger partial charge in [0.1, 0.15) is 5.82 Å². The van der Waals surface area contributed by atoms with E-state index in [0.717, 1.165) is 53.7 Å². The van der Waals surface area contributed by atoms with Crippen molar-refractivity contribution in [1.82, 2.24) is 19.4 Å². The maximum Gasteiger partial charge on any atom is 0.335 e. The molecule has 1 amide bonds. The minimum Gasteiger partial charge on any atom is -0.478 e. The number of carboxylic acids is 1. The van der Waals surface area contributed by atoms with Gasteiger partial charge in [-0.2, -0.15) is 0 Å². The number of carboxylic acid groups (broad SMARTS) is 1. The van der Waals surface area contributed by atoms with E-state index in [4.69, 9.17) is 9.72 Å². The number of hydrogen-bond acceptors (Lipinski definition) is 6. The van der Waals surface area contributed by atoms with Crippen molar-refractivity contribution in [2.75, 3.05) is 44.7 Å².